The first-order valence-electron chi connectivity index (χ1n) is 12.7. The third-order valence-corrected chi connectivity index (χ3v) is 7.77. The van der Waals surface area contributed by atoms with E-state index in [2.05, 4.69) is 26.9 Å². The second kappa shape index (κ2) is 11.4. The lowest BCUT2D eigenvalue weighted by Gasteiger charge is -2.36. The van der Waals surface area contributed by atoms with Gasteiger partial charge in [0.1, 0.15) is 17.3 Å². The summed E-state index contributed by atoms with van der Waals surface area (Å²) in [4.78, 5) is 23.6. The second-order valence-corrected chi connectivity index (χ2v) is 10.7. The number of hydrogen-bond acceptors (Lipinski definition) is 6. The van der Waals surface area contributed by atoms with Crippen molar-refractivity contribution >= 4 is 22.9 Å². The number of piperazine rings is 1. The zero-order chi connectivity index (χ0) is 24.9. The highest BCUT2D eigenvalue weighted by Crippen LogP contribution is 2.24. The minimum Gasteiger partial charge on any atom is -0.493 e. The van der Waals surface area contributed by atoms with Crippen molar-refractivity contribution in [2.75, 3.05) is 50.8 Å². The van der Waals surface area contributed by atoms with E-state index in [1.54, 1.807) is 6.07 Å². The molecule has 3 aromatic rings. The molecule has 6 nitrogen and oxygen atoms in total. The minimum atomic E-state index is -0.153. The Balaban J connectivity index is 1.10. The molecular weight excluding hydrogens is 475 g/mol. The lowest BCUT2D eigenvalue weighted by Crippen LogP contribution is -2.46. The number of ether oxygens (including phenoxy) is 1. The van der Waals surface area contributed by atoms with E-state index in [1.165, 1.54) is 23.0 Å². The number of likely N-dealkylation sites (tertiary alicyclic amines) is 1. The Morgan fingerprint density at radius 1 is 1.11 bits per heavy atom. The Hall–Kier alpha value is -2.97. The molecule has 0 saturated carbocycles. The van der Waals surface area contributed by atoms with Crippen molar-refractivity contribution in [3.05, 3.63) is 76.0 Å². The molecule has 2 aromatic carbocycles. The number of piperidine rings is 1. The number of hydrogen-bond donors (Lipinski definition) is 0. The number of carbonyl (C=O) groups is 1. The molecule has 5 rings (SSSR count). The first-order valence-corrected chi connectivity index (χ1v) is 13.6. The molecule has 1 aromatic heterocycles. The van der Waals surface area contributed by atoms with Crippen LogP contribution in [0.4, 0.5) is 10.1 Å². The van der Waals surface area contributed by atoms with Gasteiger partial charge in [0.2, 0.25) is 0 Å². The van der Waals surface area contributed by atoms with E-state index >= 15 is 0 Å². The van der Waals surface area contributed by atoms with E-state index in [-0.39, 0.29) is 11.7 Å². The molecule has 3 heterocycles. The third kappa shape index (κ3) is 6.05. The van der Waals surface area contributed by atoms with E-state index < -0.39 is 0 Å². The molecule has 0 radical (unpaired) electrons. The SMILES string of the molecule is Cc1nc(C(=O)N2CCCC(COc3cccc(CN4CCN(c5ccccc5F)CC4)c3)C2)cs1. The predicted molar refractivity (Wildman–Crippen MR) is 141 cm³/mol. The third-order valence-electron chi connectivity index (χ3n) is 7.00. The number of rotatable bonds is 7. The van der Waals surface area contributed by atoms with Crippen molar-refractivity contribution in [2.24, 2.45) is 5.92 Å². The number of para-hydroxylation sites is 1. The number of halogens is 1. The van der Waals surface area contributed by atoms with Crippen LogP contribution in [-0.2, 0) is 6.54 Å². The molecule has 190 valence electrons. The first-order chi connectivity index (χ1) is 17.5. The van der Waals surface area contributed by atoms with Crippen LogP contribution in [0.3, 0.4) is 0 Å². The smallest absolute Gasteiger partial charge is 0.273 e. The summed E-state index contributed by atoms with van der Waals surface area (Å²) in [6, 6.07) is 15.3. The molecule has 2 aliphatic heterocycles. The fraction of sp³-hybridized carbons (Fsp3) is 0.429. The number of thiazole rings is 1. The van der Waals surface area contributed by atoms with Crippen molar-refractivity contribution in [3.63, 3.8) is 0 Å². The molecule has 0 aliphatic carbocycles. The van der Waals surface area contributed by atoms with Crippen LogP contribution in [0.1, 0.15) is 33.9 Å². The van der Waals surface area contributed by atoms with Crippen LogP contribution in [0.5, 0.6) is 5.75 Å². The van der Waals surface area contributed by atoms with E-state index in [0.29, 0.717) is 30.5 Å². The van der Waals surface area contributed by atoms with Gasteiger partial charge in [-0.05, 0) is 49.6 Å². The maximum Gasteiger partial charge on any atom is 0.273 e. The summed E-state index contributed by atoms with van der Waals surface area (Å²) < 4.78 is 20.3. The maximum absolute atomic E-state index is 14.1. The fourth-order valence-corrected chi connectivity index (χ4v) is 5.66. The lowest BCUT2D eigenvalue weighted by molar-refractivity contribution is 0.0628. The van der Waals surface area contributed by atoms with Crippen molar-refractivity contribution in [3.8, 4) is 5.75 Å². The number of anilines is 1. The van der Waals surface area contributed by atoms with Crippen molar-refractivity contribution in [1.82, 2.24) is 14.8 Å². The van der Waals surface area contributed by atoms with E-state index in [1.807, 2.05) is 41.5 Å². The van der Waals surface area contributed by atoms with Crippen LogP contribution >= 0.6 is 11.3 Å². The van der Waals surface area contributed by atoms with Crippen LogP contribution in [0.15, 0.2) is 53.9 Å². The molecule has 2 fully saturated rings. The zero-order valence-corrected chi connectivity index (χ0v) is 21.6. The Morgan fingerprint density at radius 2 is 1.94 bits per heavy atom. The average Bonchev–Trinajstić information content (AvgIpc) is 3.34. The molecule has 0 bridgehead atoms. The van der Waals surface area contributed by atoms with Crippen molar-refractivity contribution in [2.45, 2.75) is 26.3 Å². The molecule has 1 atom stereocenters. The standard InChI is InChI=1S/C28H33FN4O2S/c1-21-30-26(20-36-21)28(34)33-11-5-7-23(18-33)19-35-24-8-4-6-22(16-24)17-31-12-14-32(15-13-31)27-10-3-2-9-25(27)29/h2-4,6,8-10,16,20,23H,5,7,11-15,17-19H2,1H3. The Morgan fingerprint density at radius 3 is 2.72 bits per heavy atom. The zero-order valence-electron chi connectivity index (χ0n) is 20.7. The summed E-state index contributed by atoms with van der Waals surface area (Å²) in [5, 5.41) is 2.77. The van der Waals surface area contributed by atoms with Gasteiger partial charge < -0.3 is 14.5 Å². The molecule has 1 amide bonds. The van der Waals surface area contributed by atoms with Gasteiger partial charge in [0.15, 0.2) is 0 Å². The van der Waals surface area contributed by atoms with Gasteiger partial charge in [-0.1, -0.05) is 24.3 Å². The first kappa shape index (κ1) is 24.7. The van der Waals surface area contributed by atoms with Gasteiger partial charge >= 0.3 is 0 Å². The van der Waals surface area contributed by atoms with Gasteiger partial charge in [0.05, 0.1) is 17.3 Å². The van der Waals surface area contributed by atoms with Crippen LogP contribution in [0, 0.1) is 18.7 Å². The van der Waals surface area contributed by atoms with Crippen LogP contribution in [-0.4, -0.2) is 66.6 Å². The predicted octanol–water partition coefficient (Wildman–Crippen LogP) is 4.84. The summed E-state index contributed by atoms with van der Waals surface area (Å²) in [6.07, 6.45) is 2.05. The van der Waals surface area contributed by atoms with Crippen molar-refractivity contribution < 1.29 is 13.9 Å². The maximum atomic E-state index is 14.1. The summed E-state index contributed by atoms with van der Waals surface area (Å²) >= 11 is 1.51. The van der Waals surface area contributed by atoms with Gasteiger partial charge in [-0.25, -0.2) is 9.37 Å². The topological polar surface area (TPSA) is 48.9 Å². The molecule has 0 spiro atoms. The number of carbonyl (C=O) groups excluding carboxylic acids is 1. The summed E-state index contributed by atoms with van der Waals surface area (Å²) in [5.41, 5.74) is 2.46. The number of aromatic nitrogens is 1. The Bertz CT molecular complexity index is 1180. The molecule has 0 N–H and O–H groups in total. The molecule has 36 heavy (non-hydrogen) atoms. The Kier molecular flexibility index (Phi) is 7.82. The van der Waals surface area contributed by atoms with Gasteiger partial charge in [0, 0.05) is 57.1 Å². The van der Waals surface area contributed by atoms with E-state index in [4.69, 9.17) is 4.74 Å². The number of amides is 1. The number of aryl methyl sites for hydroxylation is 1. The quantitative estimate of drug-likeness (QED) is 0.457. The summed E-state index contributed by atoms with van der Waals surface area (Å²) in [5.74, 6) is 1.06. The van der Waals surface area contributed by atoms with Crippen LogP contribution in [0.2, 0.25) is 0 Å². The molecule has 2 saturated heterocycles. The van der Waals surface area contributed by atoms with Gasteiger partial charge in [-0.15, -0.1) is 11.3 Å². The van der Waals surface area contributed by atoms with Crippen LogP contribution < -0.4 is 9.64 Å². The monoisotopic (exact) mass is 508 g/mol. The summed E-state index contributed by atoms with van der Waals surface area (Å²) in [7, 11) is 0. The number of benzene rings is 2. The normalized spacial score (nSPS) is 18.9. The summed E-state index contributed by atoms with van der Waals surface area (Å²) in [6.45, 7) is 8.28. The highest BCUT2D eigenvalue weighted by Gasteiger charge is 2.26. The lowest BCUT2D eigenvalue weighted by atomic mass is 9.98. The highest BCUT2D eigenvalue weighted by molar-refractivity contribution is 7.09. The molecule has 1 unspecified atom stereocenters. The van der Waals surface area contributed by atoms with Crippen LogP contribution in [0.25, 0.3) is 0 Å². The molecule has 8 heteroatoms. The molecular formula is C28H33FN4O2S. The van der Waals surface area contributed by atoms with E-state index in [9.17, 15) is 9.18 Å². The number of nitrogens with zero attached hydrogens (tertiary/aromatic N) is 4. The second-order valence-electron chi connectivity index (χ2n) is 9.68. The van der Waals surface area contributed by atoms with E-state index in [0.717, 1.165) is 62.9 Å². The molecule has 2 aliphatic rings. The Labute approximate surface area is 216 Å². The average molecular weight is 509 g/mol. The van der Waals surface area contributed by atoms with Crippen molar-refractivity contribution in [1.29, 1.82) is 0 Å². The fourth-order valence-electron chi connectivity index (χ4n) is 5.07. The highest BCUT2D eigenvalue weighted by atomic mass is 32.1. The largest absolute Gasteiger partial charge is 0.493 e. The van der Waals surface area contributed by atoms with Gasteiger partial charge in [-0.3, -0.25) is 9.69 Å². The van der Waals surface area contributed by atoms with Gasteiger partial charge in [0.25, 0.3) is 5.91 Å². The minimum absolute atomic E-state index is 0.0288. The van der Waals surface area contributed by atoms with Gasteiger partial charge in [-0.2, -0.15) is 0 Å².